The van der Waals surface area contributed by atoms with Crippen molar-refractivity contribution in [2.45, 2.75) is 51.2 Å². The van der Waals surface area contributed by atoms with Crippen LogP contribution in [0, 0.1) is 11.7 Å². The smallest absolute Gasteiger partial charge is 0.141 e. The zero-order chi connectivity index (χ0) is 13.7. The summed E-state index contributed by atoms with van der Waals surface area (Å²) in [4.78, 5) is 4.13. The molecule has 3 unspecified atom stereocenters. The van der Waals surface area contributed by atoms with Crippen molar-refractivity contribution in [3.05, 3.63) is 29.8 Å². The maximum absolute atomic E-state index is 12.9. The van der Waals surface area contributed by atoms with Gasteiger partial charge in [0, 0.05) is 12.6 Å². The fraction of sp³-hybridized carbons (Fsp3) is 0.667. The molecule has 1 aromatic heterocycles. The molecule has 0 radical (unpaired) electrons. The van der Waals surface area contributed by atoms with Crippen molar-refractivity contribution in [2.75, 3.05) is 6.54 Å². The summed E-state index contributed by atoms with van der Waals surface area (Å²) in [5, 5.41) is 13.4. The Morgan fingerprint density at radius 3 is 2.84 bits per heavy atom. The summed E-state index contributed by atoms with van der Waals surface area (Å²) >= 11 is 0. The molecule has 0 aliphatic heterocycles. The zero-order valence-corrected chi connectivity index (χ0v) is 11.5. The summed E-state index contributed by atoms with van der Waals surface area (Å²) in [6.45, 7) is 2.89. The largest absolute Gasteiger partial charge is 0.393 e. The number of aromatic nitrogens is 1. The Bertz CT molecular complexity index is 382. The van der Waals surface area contributed by atoms with Gasteiger partial charge in [-0.15, -0.1) is 0 Å². The van der Waals surface area contributed by atoms with Gasteiger partial charge >= 0.3 is 0 Å². The number of aliphatic hydroxyl groups is 1. The van der Waals surface area contributed by atoms with Crippen LogP contribution in [0.3, 0.4) is 0 Å². The van der Waals surface area contributed by atoms with Crippen molar-refractivity contribution in [3.63, 3.8) is 0 Å². The molecule has 1 aromatic rings. The van der Waals surface area contributed by atoms with Crippen LogP contribution in [0.1, 0.15) is 50.8 Å². The lowest BCUT2D eigenvalue weighted by Gasteiger charge is -2.29. The number of halogens is 1. The van der Waals surface area contributed by atoms with E-state index < -0.39 is 0 Å². The molecule has 0 aromatic carbocycles. The second-order valence-corrected chi connectivity index (χ2v) is 5.38. The second kappa shape index (κ2) is 6.96. The van der Waals surface area contributed by atoms with Crippen molar-refractivity contribution in [2.24, 2.45) is 5.92 Å². The summed E-state index contributed by atoms with van der Waals surface area (Å²) in [6, 6.07) is 3.31. The number of hydrogen-bond donors (Lipinski definition) is 2. The minimum Gasteiger partial charge on any atom is -0.393 e. The van der Waals surface area contributed by atoms with Gasteiger partial charge in [-0.05, 0) is 37.3 Å². The molecule has 1 heterocycles. The fourth-order valence-corrected chi connectivity index (χ4v) is 2.77. The van der Waals surface area contributed by atoms with Gasteiger partial charge < -0.3 is 10.4 Å². The molecular weight excluding hydrogens is 243 g/mol. The molecule has 0 spiro atoms. The van der Waals surface area contributed by atoms with Gasteiger partial charge in [-0.3, -0.25) is 4.98 Å². The maximum atomic E-state index is 12.9. The van der Waals surface area contributed by atoms with Crippen LogP contribution in [0.5, 0.6) is 0 Å². The third-order valence-corrected chi connectivity index (χ3v) is 4.01. The molecule has 1 aliphatic rings. The minimum atomic E-state index is -0.304. The van der Waals surface area contributed by atoms with E-state index in [9.17, 15) is 9.50 Å². The molecule has 1 fully saturated rings. The van der Waals surface area contributed by atoms with E-state index in [-0.39, 0.29) is 18.0 Å². The quantitative estimate of drug-likeness (QED) is 0.861. The van der Waals surface area contributed by atoms with Crippen LogP contribution in [0.25, 0.3) is 0 Å². The van der Waals surface area contributed by atoms with Gasteiger partial charge in [0.15, 0.2) is 0 Å². The Balaban J connectivity index is 1.90. The van der Waals surface area contributed by atoms with Gasteiger partial charge in [0.2, 0.25) is 0 Å². The Morgan fingerprint density at radius 1 is 1.42 bits per heavy atom. The Morgan fingerprint density at radius 2 is 2.21 bits per heavy atom. The van der Waals surface area contributed by atoms with E-state index in [1.807, 2.05) is 0 Å². The molecule has 0 amide bonds. The Hall–Kier alpha value is -1.00. The topological polar surface area (TPSA) is 45.1 Å². The molecule has 2 rings (SSSR count). The van der Waals surface area contributed by atoms with Crippen LogP contribution < -0.4 is 5.32 Å². The van der Waals surface area contributed by atoms with Gasteiger partial charge in [-0.1, -0.05) is 19.8 Å². The Kier molecular flexibility index (Phi) is 5.28. The summed E-state index contributed by atoms with van der Waals surface area (Å²) in [7, 11) is 0. The van der Waals surface area contributed by atoms with Crippen LogP contribution in [-0.2, 0) is 0 Å². The van der Waals surface area contributed by atoms with E-state index >= 15 is 0 Å². The van der Waals surface area contributed by atoms with E-state index in [2.05, 4.69) is 17.2 Å². The number of nitrogens with one attached hydrogen (secondary N) is 1. The van der Waals surface area contributed by atoms with Crippen molar-refractivity contribution in [3.8, 4) is 0 Å². The molecule has 4 heteroatoms. The molecule has 3 nitrogen and oxygen atoms in total. The van der Waals surface area contributed by atoms with Gasteiger partial charge in [-0.25, -0.2) is 4.39 Å². The first-order valence-corrected chi connectivity index (χ1v) is 7.23. The molecule has 0 saturated heterocycles. The molecule has 0 bridgehead atoms. The van der Waals surface area contributed by atoms with E-state index in [4.69, 9.17) is 0 Å². The number of hydrogen-bond acceptors (Lipinski definition) is 3. The van der Waals surface area contributed by atoms with Crippen LogP contribution in [0.15, 0.2) is 18.3 Å². The second-order valence-electron chi connectivity index (χ2n) is 5.38. The highest BCUT2D eigenvalue weighted by atomic mass is 19.1. The third kappa shape index (κ3) is 3.98. The van der Waals surface area contributed by atoms with Crippen molar-refractivity contribution in [1.82, 2.24) is 10.3 Å². The normalized spacial score (nSPS) is 25.2. The first kappa shape index (κ1) is 14.4. The monoisotopic (exact) mass is 266 g/mol. The van der Waals surface area contributed by atoms with Crippen LogP contribution >= 0.6 is 0 Å². The number of nitrogens with zero attached hydrogens (tertiary/aromatic N) is 1. The summed E-state index contributed by atoms with van der Waals surface area (Å²) in [5.41, 5.74) is 0.870. The van der Waals surface area contributed by atoms with Crippen LogP contribution in [0.2, 0.25) is 0 Å². The number of rotatable bonds is 5. The average Bonchev–Trinajstić information content (AvgIpc) is 2.43. The maximum Gasteiger partial charge on any atom is 0.141 e. The Labute approximate surface area is 114 Å². The lowest BCUT2D eigenvalue weighted by molar-refractivity contribution is 0.0679. The van der Waals surface area contributed by atoms with Crippen molar-refractivity contribution < 1.29 is 9.50 Å². The van der Waals surface area contributed by atoms with Gasteiger partial charge in [0.25, 0.3) is 0 Å². The first-order valence-electron chi connectivity index (χ1n) is 7.23. The summed E-state index contributed by atoms with van der Waals surface area (Å²) < 4.78 is 12.9. The molecule has 2 N–H and O–H groups in total. The predicted molar refractivity (Wildman–Crippen MR) is 73.2 cm³/mol. The van der Waals surface area contributed by atoms with E-state index in [0.29, 0.717) is 5.92 Å². The highest BCUT2D eigenvalue weighted by Gasteiger charge is 2.23. The molecule has 106 valence electrons. The SMILES string of the molecule is CCC(NCC1CCCCC1O)c1ccc(F)cn1. The van der Waals surface area contributed by atoms with Crippen LogP contribution in [0.4, 0.5) is 4.39 Å². The predicted octanol–water partition coefficient (Wildman–Crippen LogP) is 2.81. The van der Waals surface area contributed by atoms with Crippen LogP contribution in [-0.4, -0.2) is 22.7 Å². The lowest BCUT2D eigenvalue weighted by atomic mass is 9.86. The lowest BCUT2D eigenvalue weighted by Crippen LogP contribution is -2.35. The van der Waals surface area contributed by atoms with E-state index in [1.54, 1.807) is 6.07 Å². The van der Waals surface area contributed by atoms with Gasteiger partial charge in [-0.2, -0.15) is 0 Å². The summed E-state index contributed by atoms with van der Waals surface area (Å²) in [6.07, 6.45) is 6.32. The van der Waals surface area contributed by atoms with E-state index in [0.717, 1.165) is 37.9 Å². The molecule has 1 saturated carbocycles. The molecule has 19 heavy (non-hydrogen) atoms. The molecule has 1 aliphatic carbocycles. The zero-order valence-electron chi connectivity index (χ0n) is 11.5. The van der Waals surface area contributed by atoms with Gasteiger partial charge in [0.05, 0.1) is 18.0 Å². The number of pyridine rings is 1. The fourth-order valence-electron chi connectivity index (χ4n) is 2.77. The average molecular weight is 266 g/mol. The highest BCUT2D eigenvalue weighted by Crippen LogP contribution is 2.24. The standard InChI is InChI=1S/C15H23FN2O/c1-2-13(14-8-7-12(16)10-18-14)17-9-11-5-3-4-6-15(11)19/h7-8,10-11,13,15,17,19H,2-6,9H2,1H3. The molecule has 3 atom stereocenters. The first-order chi connectivity index (χ1) is 9.20. The highest BCUT2D eigenvalue weighted by molar-refractivity contribution is 5.09. The van der Waals surface area contributed by atoms with Crippen molar-refractivity contribution >= 4 is 0 Å². The van der Waals surface area contributed by atoms with Gasteiger partial charge in [0.1, 0.15) is 5.82 Å². The van der Waals surface area contributed by atoms with Crippen molar-refractivity contribution in [1.29, 1.82) is 0 Å². The minimum absolute atomic E-state index is 0.134. The third-order valence-electron chi connectivity index (χ3n) is 4.01. The summed E-state index contributed by atoms with van der Waals surface area (Å²) in [5.74, 6) is 0.0320. The number of aliphatic hydroxyl groups excluding tert-OH is 1. The molecular formula is C15H23FN2O. The van der Waals surface area contributed by atoms with E-state index in [1.165, 1.54) is 18.7 Å².